The third-order valence-corrected chi connectivity index (χ3v) is 5.40. The summed E-state index contributed by atoms with van der Waals surface area (Å²) in [5.74, 6) is -0.0282. The Hall–Kier alpha value is -1.11. The second kappa shape index (κ2) is 6.98. The minimum absolute atomic E-state index is 0.0282. The van der Waals surface area contributed by atoms with Gasteiger partial charge in [-0.3, -0.25) is 4.79 Å². The molecule has 6 heteroatoms. The molecule has 1 atom stereocenters. The summed E-state index contributed by atoms with van der Waals surface area (Å²) in [6, 6.07) is 4.04. The molecule has 1 saturated heterocycles. The van der Waals surface area contributed by atoms with Gasteiger partial charge < -0.3 is 14.6 Å². The highest BCUT2D eigenvalue weighted by Crippen LogP contribution is 2.32. The van der Waals surface area contributed by atoms with Gasteiger partial charge in [0.1, 0.15) is 5.69 Å². The minimum Gasteiger partial charge on any atom is -0.376 e. The molecular weight excluding hydrogens is 364 g/mol. The Labute approximate surface area is 142 Å². The largest absolute Gasteiger partial charge is 0.376 e. The second-order valence-corrected chi connectivity index (χ2v) is 7.82. The quantitative estimate of drug-likeness (QED) is 0.795. The zero-order valence-electron chi connectivity index (χ0n) is 12.5. The number of ether oxygens (including phenoxy) is 1. The maximum atomic E-state index is 12.5. The summed E-state index contributed by atoms with van der Waals surface area (Å²) >= 11 is 5.16. The lowest BCUT2D eigenvalue weighted by molar-refractivity contribution is 0.0851. The maximum absolute atomic E-state index is 12.5. The van der Waals surface area contributed by atoms with Gasteiger partial charge in [0.15, 0.2) is 0 Å². The van der Waals surface area contributed by atoms with Gasteiger partial charge in [-0.1, -0.05) is 12.2 Å². The molecule has 3 heterocycles. The van der Waals surface area contributed by atoms with Crippen LogP contribution in [0.3, 0.4) is 0 Å². The van der Waals surface area contributed by atoms with Crippen LogP contribution >= 0.6 is 27.3 Å². The van der Waals surface area contributed by atoms with E-state index in [0.29, 0.717) is 18.8 Å². The molecular formula is C16H19BrN2O2S. The molecule has 0 bridgehead atoms. The van der Waals surface area contributed by atoms with Crippen molar-refractivity contribution < 1.29 is 9.53 Å². The van der Waals surface area contributed by atoms with Gasteiger partial charge in [-0.05, 0) is 47.8 Å². The smallest absolute Gasteiger partial charge is 0.268 e. The van der Waals surface area contributed by atoms with Crippen molar-refractivity contribution in [2.45, 2.75) is 32.4 Å². The van der Waals surface area contributed by atoms with E-state index in [-0.39, 0.29) is 12.0 Å². The van der Waals surface area contributed by atoms with Crippen molar-refractivity contribution in [2.24, 2.45) is 0 Å². The fraction of sp³-hybridized carbons (Fsp3) is 0.438. The van der Waals surface area contributed by atoms with E-state index in [1.165, 1.54) is 0 Å². The Morgan fingerprint density at radius 2 is 2.45 bits per heavy atom. The lowest BCUT2D eigenvalue weighted by Gasteiger charge is -2.12. The van der Waals surface area contributed by atoms with E-state index in [2.05, 4.69) is 38.0 Å². The van der Waals surface area contributed by atoms with E-state index in [9.17, 15) is 4.79 Å². The van der Waals surface area contributed by atoms with Crippen LogP contribution in [0.1, 0.15) is 30.3 Å². The predicted octanol–water partition coefficient (Wildman–Crippen LogP) is 3.95. The summed E-state index contributed by atoms with van der Waals surface area (Å²) in [5, 5.41) is 3.01. The topological polar surface area (TPSA) is 43.3 Å². The van der Waals surface area contributed by atoms with Gasteiger partial charge in [-0.25, -0.2) is 0 Å². The van der Waals surface area contributed by atoms with Crippen LogP contribution in [0.4, 0.5) is 0 Å². The number of hydrogen-bond donors (Lipinski definition) is 1. The SMILES string of the molecule is C/C=C/Cn1c(C(=O)NC[C@@H]2CCCO2)cc2sc(Br)cc21. The van der Waals surface area contributed by atoms with Crippen molar-refractivity contribution in [2.75, 3.05) is 13.2 Å². The number of hydrogen-bond acceptors (Lipinski definition) is 3. The third kappa shape index (κ3) is 3.29. The van der Waals surface area contributed by atoms with E-state index in [1.807, 2.05) is 19.1 Å². The molecule has 0 unspecified atom stereocenters. The third-order valence-electron chi connectivity index (χ3n) is 3.83. The molecule has 1 fully saturated rings. The van der Waals surface area contributed by atoms with Crippen LogP contribution in [-0.4, -0.2) is 29.7 Å². The highest BCUT2D eigenvalue weighted by Gasteiger charge is 2.20. The van der Waals surface area contributed by atoms with Crippen LogP contribution < -0.4 is 5.32 Å². The first-order valence-corrected chi connectivity index (χ1v) is 9.09. The van der Waals surface area contributed by atoms with E-state index in [4.69, 9.17) is 4.74 Å². The summed E-state index contributed by atoms with van der Waals surface area (Å²) in [5.41, 5.74) is 1.81. The maximum Gasteiger partial charge on any atom is 0.268 e. The highest BCUT2D eigenvalue weighted by molar-refractivity contribution is 9.11. The van der Waals surface area contributed by atoms with E-state index in [0.717, 1.165) is 33.5 Å². The molecule has 22 heavy (non-hydrogen) atoms. The number of nitrogens with one attached hydrogen (secondary N) is 1. The van der Waals surface area contributed by atoms with Gasteiger partial charge in [0.05, 0.1) is 20.1 Å². The van der Waals surface area contributed by atoms with Crippen LogP contribution in [0.5, 0.6) is 0 Å². The fourth-order valence-electron chi connectivity index (χ4n) is 2.71. The lowest BCUT2D eigenvalue weighted by Crippen LogP contribution is -2.33. The number of allylic oxidation sites excluding steroid dienone is 2. The van der Waals surface area contributed by atoms with Gasteiger partial charge in [0, 0.05) is 19.7 Å². The number of thiophene rings is 1. The molecule has 1 aliphatic rings. The summed E-state index contributed by atoms with van der Waals surface area (Å²) < 4.78 is 9.82. The molecule has 2 aromatic heterocycles. The molecule has 0 saturated carbocycles. The molecule has 0 spiro atoms. The molecule has 3 rings (SSSR count). The van der Waals surface area contributed by atoms with Crippen LogP contribution in [0, 0.1) is 0 Å². The average Bonchev–Trinajstić information content (AvgIpc) is 3.19. The Morgan fingerprint density at radius 1 is 1.59 bits per heavy atom. The number of rotatable bonds is 5. The number of halogens is 1. The van der Waals surface area contributed by atoms with Gasteiger partial charge in [-0.15, -0.1) is 11.3 Å². The van der Waals surface area contributed by atoms with Crippen molar-refractivity contribution in [3.8, 4) is 0 Å². The summed E-state index contributed by atoms with van der Waals surface area (Å²) in [4.78, 5) is 12.5. The van der Waals surface area contributed by atoms with Crippen LogP contribution in [0.2, 0.25) is 0 Å². The molecule has 118 valence electrons. The molecule has 1 aliphatic heterocycles. The van der Waals surface area contributed by atoms with E-state index >= 15 is 0 Å². The second-order valence-electron chi connectivity index (χ2n) is 5.35. The lowest BCUT2D eigenvalue weighted by atomic mass is 10.2. The Kier molecular flexibility index (Phi) is 5.00. The standard InChI is InChI=1S/C16H19BrN2O2S/c1-2-3-6-19-12-9-15(17)22-14(12)8-13(19)16(20)18-10-11-5-4-7-21-11/h2-3,8-9,11H,4-7,10H2,1H3,(H,18,20)/b3-2+/t11-/m0/s1. The normalized spacial score (nSPS) is 18.5. The predicted molar refractivity (Wildman–Crippen MR) is 93.6 cm³/mol. The summed E-state index contributed by atoms with van der Waals surface area (Å²) in [7, 11) is 0. The zero-order valence-corrected chi connectivity index (χ0v) is 14.9. The first kappa shape index (κ1) is 15.8. The number of amides is 1. The zero-order chi connectivity index (χ0) is 15.5. The van der Waals surface area contributed by atoms with Crippen molar-refractivity contribution in [1.29, 1.82) is 0 Å². The molecule has 1 N–H and O–H groups in total. The van der Waals surface area contributed by atoms with Crippen LogP contribution in [0.25, 0.3) is 10.2 Å². The van der Waals surface area contributed by atoms with Crippen molar-refractivity contribution in [3.05, 3.63) is 33.8 Å². The number of aromatic nitrogens is 1. The van der Waals surface area contributed by atoms with Crippen molar-refractivity contribution >= 4 is 43.4 Å². The Balaban J connectivity index is 1.81. The first-order chi connectivity index (χ1) is 10.7. The molecule has 0 aliphatic carbocycles. The number of nitrogens with zero attached hydrogens (tertiary/aromatic N) is 1. The van der Waals surface area contributed by atoms with Gasteiger partial charge >= 0.3 is 0 Å². The fourth-order valence-corrected chi connectivity index (χ4v) is 4.27. The van der Waals surface area contributed by atoms with Gasteiger partial charge in [0.25, 0.3) is 5.91 Å². The number of fused-ring (bicyclic) bond motifs is 1. The summed E-state index contributed by atoms with van der Waals surface area (Å²) in [6.07, 6.45) is 6.34. The highest BCUT2D eigenvalue weighted by atomic mass is 79.9. The molecule has 1 amide bonds. The molecule has 2 aromatic rings. The number of carbonyl (C=O) groups excluding carboxylic acids is 1. The average molecular weight is 383 g/mol. The van der Waals surface area contributed by atoms with Crippen molar-refractivity contribution in [3.63, 3.8) is 0 Å². The molecule has 4 nitrogen and oxygen atoms in total. The monoisotopic (exact) mass is 382 g/mol. The Morgan fingerprint density at radius 3 is 3.18 bits per heavy atom. The van der Waals surface area contributed by atoms with Crippen molar-refractivity contribution in [1.82, 2.24) is 9.88 Å². The van der Waals surface area contributed by atoms with Gasteiger partial charge in [-0.2, -0.15) is 0 Å². The molecule has 0 radical (unpaired) electrons. The van der Waals surface area contributed by atoms with E-state index in [1.54, 1.807) is 11.3 Å². The van der Waals surface area contributed by atoms with Crippen LogP contribution in [0.15, 0.2) is 28.1 Å². The van der Waals surface area contributed by atoms with Gasteiger partial charge in [0.2, 0.25) is 0 Å². The first-order valence-electron chi connectivity index (χ1n) is 7.48. The molecule has 0 aromatic carbocycles. The summed E-state index contributed by atoms with van der Waals surface area (Å²) in [6.45, 7) is 4.08. The van der Waals surface area contributed by atoms with Crippen LogP contribution in [-0.2, 0) is 11.3 Å². The van der Waals surface area contributed by atoms with E-state index < -0.39 is 0 Å². The number of carbonyl (C=O) groups is 1. The minimum atomic E-state index is -0.0282. The Bertz CT molecular complexity index is 698.